The maximum Gasteiger partial charge on any atom is 0.337 e. The van der Waals surface area contributed by atoms with E-state index in [-0.39, 0.29) is 11.0 Å². The summed E-state index contributed by atoms with van der Waals surface area (Å²) in [6, 6.07) is 3.41. The molecule has 1 aliphatic carbocycles. The molecular formula is C21H29N3O2S. The minimum absolute atomic E-state index is 0.153. The summed E-state index contributed by atoms with van der Waals surface area (Å²) in [7, 11) is 0. The fourth-order valence-corrected chi connectivity index (χ4v) is 4.80. The Labute approximate surface area is 165 Å². The molecule has 3 rings (SSSR count). The average molecular weight is 388 g/mol. The number of hydrogen-bond acceptors (Lipinski definition) is 5. The molecule has 0 aliphatic heterocycles. The molecular weight excluding hydrogens is 358 g/mol. The first kappa shape index (κ1) is 19.8. The van der Waals surface area contributed by atoms with E-state index in [0.29, 0.717) is 11.8 Å². The van der Waals surface area contributed by atoms with E-state index in [0.717, 1.165) is 23.9 Å². The smallest absolute Gasteiger partial charge is 0.337 e. The number of carboxylic acids is 1. The number of rotatable bonds is 6. The Morgan fingerprint density at radius 2 is 2.19 bits per heavy atom. The molecule has 0 spiro atoms. The third-order valence-corrected chi connectivity index (χ3v) is 7.08. The van der Waals surface area contributed by atoms with E-state index in [1.165, 1.54) is 29.6 Å². The van der Waals surface area contributed by atoms with Gasteiger partial charge in [-0.3, -0.25) is 0 Å². The Kier molecular flexibility index (Phi) is 5.56. The minimum atomic E-state index is -0.956. The van der Waals surface area contributed by atoms with Gasteiger partial charge in [-0.1, -0.05) is 41.0 Å². The van der Waals surface area contributed by atoms with Gasteiger partial charge in [0.1, 0.15) is 5.82 Å². The van der Waals surface area contributed by atoms with Crippen LogP contribution in [-0.4, -0.2) is 27.6 Å². The number of aromatic nitrogens is 2. The molecule has 2 aromatic rings. The maximum atomic E-state index is 11.2. The van der Waals surface area contributed by atoms with Crippen LogP contribution in [0.4, 0.5) is 10.9 Å². The first-order valence-electron chi connectivity index (χ1n) is 9.71. The summed E-state index contributed by atoms with van der Waals surface area (Å²) in [5.74, 6) is 0.766. The van der Waals surface area contributed by atoms with Crippen molar-refractivity contribution in [1.29, 1.82) is 0 Å². The highest BCUT2D eigenvalue weighted by Crippen LogP contribution is 2.47. The molecule has 2 heterocycles. The van der Waals surface area contributed by atoms with Crippen LogP contribution < -0.4 is 4.90 Å². The average Bonchev–Trinajstić information content (AvgIpc) is 3.10. The van der Waals surface area contributed by atoms with Gasteiger partial charge in [-0.25, -0.2) is 14.8 Å². The van der Waals surface area contributed by atoms with Crippen molar-refractivity contribution in [3.63, 3.8) is 0 Å². The fourth-order valence-electron chi connectivity index (χ4n) is 3.46. The maximum absolute atomic E-state index is 11.2. The van der Waals surface area contributed by atoms with Gasteiger partial charge in [0, 0.05) is 23.0 Å². The fraction of sp³-hybridized carbons (Fsp3) is 0.571. The second kappa shape index (κ2) is 7.58. The van der Waals surface area contributed by atoms with Crippen LogP contribution in [0.25, 0.3) is 0 Å². The van der Waals surface area contributed by atoms with E-state index < -0.39 is 5.97 Å². The largest absolute Gasteiger partial charge is 0.478 e. The molecule has 27 heavy (non-hydrogen) atoms. The van der Waals surface area contributed by atoms with Crippen molar-refractivity contribution >= 4 is 28.3 Å². The number of anilines is 2. The molecule has 0 radical (unpaired) electrons. The molecule has 2 atom stereocenters. The van der Waals surface area contributed by atoms with E-state index in [9.17, 15) is 4.79 Å². The van der Waals surface area contributed by atoms with E-state index in [1.54, 1.807) is 23.5 Å². The number of pyridine rings is 1. The van der Waals surface area contributed by atoms with Gasteiger partial charge in [0.05, 0.1) is 11.3 Å². The van der Waals surface area contributed by atoms with Gasteiger partial charge in [0.2, 0.25) is 0 Å². The van der Waals surface area contributed by atoms with Crippen molar-refractivity contribution in [3.05, 3.63) is 34.5 Å². The van der Waals surface area contributed by atoms with Crippen molar-refractivity contribution in [2.24, 2.45) is 5.92 Å². The molecule has 2 aromatic heterocycles. The minimum Gasteiger partial charge on any atom is -0.478 e. The molecule has 0 aromatic carbocycles. The van der Waals surface area contributed by atoms with Gasteiger partial charge in [0.25, 0.3) is 0 Å². The lowest BCUT2D eigenvalue weighted by molar-refractivity contribution is 0.0696. The van der Waals surface area contributed by atoms with Gasteiger partial charge in [-0.2, -0.15) is 0 Å². The predicted octanol–water partition coefficient (Wildman–Crippen LogP) is 5.60. The van der Waals surface area contributed by atoms with Crippen LogP contribution >= 0.6 is 11.3 Å². The summed E-state index contributed by atoms with van der Waals surface area (Å²) in [5, 5.41) is 10.1. The molecule has 0 bridgehead atoms. The highest BCUT2D eigenvalue weighted by atomic mass is 32.1. The highest BCUT2D eigenvalue weighted by Gasteiger charge is 2.35. The third kappa shape index (κ3) is 4.00. The van der Waals surface area contributed by atoms with Crippen LogP contribution in [-0.2, 0) is 5.41 Å². The van der Waals surface area contributed by atoms with Crippen LogP contribution in [0.1, 0.15) is 80.7 Å². The number of hydrogen-bond donors (Lipinski definition) is 1. The van der Waals surface area contributed by atoms with E-state index in [4.69, 9.17) is 10.1 Å². The van der Waals surface area contributed by atoms with Gasteiger partial charge < -0.3 is 10.0 Å². The molecule has 2 unspecified atom stereocenters. The second-order valence-electron chi connectivity index (χ2n) is 8.37. The first-order valence-corrected chi connectivity index (χ1v) is 10.5. The van der Waals surface area contributed by atoms with Gasteiger partial charge in [-0.15, -0.1) is 11.3 Å². The lowest BCUT2D eigenvalue weighted by atomic mass is 9.76. The van der Waals surface area contributed by atoms with Crippen molar-refractivity contribution in [1.82, 2.24) is 9.97 Å². The summed E-state index contributed by atoms with van der Waals surface area (Å²) in [5.41, 5.74) is 1.58. The number of fused-ring (bicyclic) bond motifs is 1. The number of carbonyl (C=O) groups is 1. The summed E-state index contributed by atoms with van der Waals surface area (Å²) in [4.78, 5) is 24.2. The topological polar surface area (TPSA) is 66.3 Å². The molecule has 1 N–H and O–H groups in total. The predicted molar refractivity (Wildman–Crippen MR) is 110 cm³/mol. The summed E-state index contributed by atoms with van der Waals surface area (Å²) < 4.78 is 0. The third-order valence-electron chi connectivity index (χ3n) is 5.62. The normalized spacial score (nSPS) is 19.4. The Bertz CT molecular complexity index is 813. The van der Waals surface area contributed by atoms with Gasteiger partial charge in [0.15, 0.2) is 5.13 Å². The number of aromatic carboxylic acids is 1. The molecule has 1 aliphatic rings. The van der Waals surface area contributed by atoms with E-state index >= 15 is 0 Å². The Balaban J connectivity index is 2.02. The number of carboxylic acid groups (broad SMARTS) is 1. The molecule has 0 amide bonds. The molecule has 6 heteroatoms. The molecule has 146 valence electrons. The standard InChI is InChI=1S/C21H29N3O2S/c1-6-13(2)12-24(16-8-7-15(11-22-16)19(25)26)20-23-17-14(3)9-10-21(4,5)18(17)27-20/h7-8,11,13-14H,6,9-10,12H2,1-5H3,(H,25,26). The van der Waals surface area contributed by atoms with Crippen molar-refractivity contribution in [2.75, 3.05) is 11.4 Å². The van der Waals surface area contributed by atoms with E-state index in [1.807, 2.05) is 0 Å². The Hall–Kier alpha value is -1.95. The van der Waals surface area contributed by atoms with E-state index in [2.05, 4.69) is 44.5 Å². The molecule has 5 nitrogen and oxygen atoms in total. The zero-order valence-electron chi connectivity index (χ0n) is 16.8. The second-order valence-corrected chi connectivity index (χ2v) is 9.35. The zero-order valence-corrected chi connectivity index (χ0v) is 17.6. The summed E-state index contributed by atoms with van der Waals surface area (Å²) in [6.07, 6.45) is 4.85. The Morgan fingerprint density at radius 3 is 2.74 bits per heavy atom. The molecule has 0 fully saturated rings. The zero-order chi connectivity index (χ0) is 19.8. The van der Waals surface area contributed by atoms with Crippen molar-refractivity contribution in [2.45, 2.75) is 65.2 Å². The van der Waals surface area contributed by atoms with Crippen LogP contribution in [0.5, 0.6) is 0 Å². The van der Waals surface area contributed by atoms with Crippen molar-refractivity contribution in [3.8, 4) is 0 Å². The lowest BCUT2D eigenvalue weighted by Crippen LogP contribution is -2.24. The monoisotopic (exact) mass is 387 g/mol. The number of thiazole rings is 1. The first-order chi connectivity index (χ1) is 12.7. The van der Waals surface area contributed by atoms with Gasteiger partial charge >= 0.3 is 5.97 Å². The van der Waals surface area contributed by atoms with Crippen LogP contribution in [0.2, 0.25) is 0 Å². The summed E-state index contributed by atoms with van der Waals surface area (Å²) >= 11 is 1.77. The van der Waals surface area contributed by atoms with Crippen molar-refractivity contribution < 1.29 is 9.90 Å². The quantitative estimate of drug-likeness (QED) is 0.699. The van der Waals surface area contributed by atoms with Crippen LogP contribution in [0, 0.1) is 5.92 Å². The highest BCUT2D eigenvalue weighted by molar-refractivity contribution is 7.16. The molecule has 0 saturated heterocycles. The Morgan fingerprint density at radius 1 is 1.44 bits per heavy atom. The summed E-state index contributed by atoms with van der Waals surface area (Å²) in [6.45, 7) is 12.1. The number of nitrogens with zero attached hydrogens (tertiary/aromatic N) is 3. The lowest BCUT2D eigenvalue weighted by Gasteiger charge is -2.31. The van der Waals surface area contributed by atoms with Crippen LogP contribution in [0.15, 0.2) is 18.3 Å². The van der Waals surface area contributed by atoms with Crippen LogP contribution in [0.3, 0.4) is 0 Å². The van der Waals surface area contributed by atoms with Gasteiger partial charge in [-0.05, 0) is 36.8 Å². The molecule has 0 saturated carbocycles. The SMILES string of the molecule is CCC(C)CN(c1ccc(C(=O)O)cn1)c1nc2c(s1)C(C)(C)CCC2C.